The molecular weight excluding hydrogens is 274 g/mol. The lowest BCUT2D eigenvalue weighted by Gasteiger charge is -2.21. The van der Waals surface area contributed by atoms with Crippen LogP contribution in [-0.4, -0.2) is 13.6 Å². The zero-order chi connectivity index (χ0) is 15.4. The van der Waals surface area contributed by atoms with Crippen molar-refractivity contribution in [1.82, 2.24) is 5.32 Å². The van der Waals surface area contributed by atoms with E-state index in [0.717, 1.165) is 17.9 Å². The smallest absolute Gasteiger partial charge is 0.149 e. The molecule has 0 aliphatic heterocycles. The Bertz CT molecular complexity index is 587. The third kappa shape index (κ3) is 3.61. The molecule has 114 valence electrons. The summed E-state index contributed by atoms with van der Waals surface area (Å²) < 4.78 is 33.6. The predicted molar refractivity (Wildman–Crippen MR) is 79.3 cm³/mol. The van der Waals surface area contributed by atoms with E-state index in [1.807, 2.05) is 13.8 Å². The maximum absolute atomic E-state index is 14.2. The fourth-order valence-electron chi connectivity index (χ4n) is 2.26. The lowest BCUT2D eigenvalue weighted by atomic mass is 10.1. The fraction of sp³-hybridized carbons (Fsp3) is 0.375. The van der Waals surface area contributed by atoms with E-state index in [4.69, 9.17) is 4.42 Å². The summed E-state index contributed by atoms with van der Waals surface area (Å²) in [5.74, 6) is -0.343. The second-order valence-corrected chi connectivity index (χ2v) is 5.05. The van der Waals surface area contributed by atoms with Gasteiger partial charge in [-0.2, -0.15) is 0 Å². The molecule has 1 heterocycles. The molecule has 0 aliphatic carbocycles. The first kappa shape index (κ1) is 15.5. The van der Waals surface area contributed by atoms with Crippen molar-refractivity contribution in [2.24, 2.45) is 0 Å². The van der Waals surface area contributed by atoms with Gasteiger partial charge in [-0.1, -0.05) is 6.92 Å². The number of nitrogens with zero attached hydrogens (tertiary/aromatic N) is 1. The van der Waals surface area contributed by atoms with Crippen LogP contribution in [0.2, 0.25) is 0 Å². The van der Waals surface area contributed by atoms with Gasteiger partial charge in [-0.15, -0.1) is 0 Å². The molecule has 1 N–H and O–H groups in total. The van der Waals surface area contributed by atoms with Crippen molar-refractivity contribution in [2.45, 2.75) is 26.9 Å². The molecule has 2 rings (SSSR count). The van der Waals surface area contributed by atoms with Crippen LogP contribution in [-0.2, 0) is 13.1 Å². The van der Waals surface area contributed by atoms with Gasteiger partial charge in [0.15, 0.2) is 0 Å². The van der Waals surface area contributed by atoms with Crippen LogP contribution in [0.25, 0.3) is 0 Å². The number of rotatable bonds is 6. The van der Waals surface area contributed by atoms with E-state index in [0.29, 0.717) is 18.7 Å². The molecule has 0 saturated heterocycles. The van der Waals surface area contributed by atoms with Crippen LogP contribution in [0.15, 0.2) is 28.9 Å². The molecule has 2 aromatic rings. The van der Waals surface area contributed by atoms with Crippen LogP contribution in [0.5, 0.6) is 0 Å². The van der Waals surface area contributed by atoms with E-state index < -0.39 is 11.6 Å². The van der Waals surface area contributed by atoms with E-state index >= 15 is 0 Å². The Balaban J connectivity index is 2.21. The molecule has 1 aromatic heterocycles. The molecule has 3 nitrogen and oxygen atoms in total. The fourth-order valence-corrected chi connectivity index (χ4v) is 2.26. The van der Waals surface area contributed by atoms with Gasteiger partial charge in [-0.05, 0) is 37.2 Å². The highest BCUT2D eigenvalue weighted by molar-refractivity contribution is 5.50. The van der Waals surface area contributed by atoms with Crippen molar-refractivity contribution in [3.63, 3.8) is 0 Å². The third-order valence-corrected chi connectivity index (χ3v) is 3.41. The lowest BCUT2D eigenvalue weighted by molar-refractivity contribution is 0.528. The standard InChI is InChI=1S/C16H20F2N2O/c1-4-19-9-12-7-14(17)16(15(18)8-12)20(3)10-13-5-6-21-11(13)2/h5-8,19H,4,9-10H2,1-3H3. The second-order valence-electron chi connectivity index (χ2n) is 5.05. The highest BCUT2D eigenvalue weighted by Gasteiger charge is 2.16. The highest BCUT2D eigenvalue weighted by atomic mass is 19.1. The summed E-state index contributed by atoms with van der Waals surface area (Å²) in [5.41, 5.74) is 1.49. The maximum Gasteiger partial charge on any atom is 0.149 e. The van der Waals surface area contributed by atoms with Crippen LogP contribution >= 0.6 is 0 Å². The van der Waals surface area contributed by atoms with Gasteiger partial charge in [0.25, 0.3) is 0 Å². The van der Waals surface area contributed by atoms with Crippen molar-refractivity contribution in [3.8, 4) is 0 Å². The number of nitrogens with one attached hydrogen (secondary N) is 1. The van der Waals surface area contributed by atoms with Gasteiger partial charge in [-0.25, -0.2) is 8.78 Å². The highest BCUT2D eigenvalue weighted by Crippen LogP contribution is 2.26. The van der Waals surface area contributed by atoms with Gasteiger partial charge in [0, 0.05) is 25.7 Å². The van der Waals surface area contributed by atoms with Crippen molar-refractivity contribution in [3.05, 3.63) is 53.0 Å². The molecule has 0 aliphatic rings. The molecule has 0 unspecified atom stereocenters. The first-order valence-electron chi connectivity index (χ1n) is 6.95. The predicted octanol–water partition coefficient (Wildman–Crippen LogP) is 3.61. The van der Waals surface area contributed by atoms with Crippen LogP contribution in [0.4, 0.5) is 14.5 Å². The Morgan fingerprint density at radius 3 is 2.43 bits per heavy atom. The van der Waals surface area contributed by atoms with E-state index in [2.05, 4.69) is 5.32 Å². The number of halogens is 2. The maximum atomic E-state index is 14.2. The average Bonchev–Trinajstić information content (AvgIpc) is 2.81. The van der Waals surface area contributed by atoms with Crippen LogP contribution < -0.4 is 10.2 Å². The Labute approximate surface area is 123 Å². The number of benzene rings is 1. The Morgan fingerprint density at radius 2 is 1.90 bits per heavy atom. The van der Waals surface area contributed by atoms with Crippen molar-refractivity contribution >= 4 is 5.69 Å². The van der Waals surface area contributed by atoms with Crippen molar-refractivity contribution < 1.29 is 13.2 Å². The average molecular weight is 294 g/mol. The number of anilines is 1. The third-order valence-electron chi connectivity index (χ3n) is 3.41. The summed E-state index contributed by atoms with van der Waals surface area (Å²) in [7, 11) is 1.66. The Kier molecular flexibility index (Phi) is 4.96. The minimum absolute atomic E-state index is 0.0177. The Hall–Kier alpha value is -1.88. The minimum Gasteiger partial charge on any atom is -0.469 e. The van der Waals surface area contributed by atoms with Crippen LogP contribution in [0, 0.1) is 18.6 Å². The van der Waals surface area contributed by atoms with Crippen LogP contribution in [0.1, 0.15) is 23.8 Å². The monoisotopic (exact) mass is 294 g/mol. The lowest BCUT2D eigenvalue weighted by Crippen LogP contribution is -2.20. The number of furan rings is 1. The molecular formula is C16H20F2N2O. The largest absolute Gasteiger partial charge is 0.469 e. The van der Waals surface area contributed by atoms with Gasteiger partial charge in [0.2, 0.25) is 0 Å². The van der Waals surface area contributed by atoms with Crippen molar-refractivity contribution in [2.75, 3.05) is 18.5 Å². The molecule has 0 fully saturated rings. The first-order chi connectivity index (χ1) is 10.0. The molecule has 21 heavy (non-hydrogen) atoms. The molecule has 0 amide bonds. The van der Waals surface area contributed by atoms with Gasteiger partial charge in [0.05, 0.1) is 6.26 Å². The van der Waals surface area contributed by atoms with Gasteiger partial charge < -0.3 is 14.6 Å². The zero-order valence-electron chi connectivity index (χ0n) is 12.5. The zero-order valence-corrected chi connectivity index (χ0v) is 12.5. The summed E-state index contributed by atoms with van der Waals surface area (Å²) in [5, 5.41) is 3.05. The van der Waals surface area contributed by atoms with Crippen LogP contribution in [0.3, 0.4) is 0 Å². The van der Waals surface area contributed by atoms with Gasteiger partial charge >= 0.3 is 0 Å². The molecule has 0 radical (unpaired) electrons. The normalized spacial score (nSPS) is 10.9. The molecule has 5 heteroatoms. The first-order valence-corrected chi connectivity index (χ1v) is 6.95. The molecule has 0 saturated carbocycles. The van der Waals surface area contributed by atoms with Gasteiger partial charge in [0.1, 0.15) is 23.1 Å². The molecule has 1 aromatic carbocycles. The summed E-state index contributed by atoms with van der Waals surface area (Å²) >= 11 is 0. The summed E-state index contributed by atoms with van der Waals surface area (Å²) in [6.45, 7) is 5.38. The minimum atomic E-state index is -0.549. The quantitative estimate of drug-likeness (QED) is 0.882. The second kappa shape index (κ2) is 6.72. The summed E-state index contributed by atoms with van der Waals surface area (Å²) in [4.78, 5) is 1.56. The van der Waals surface area contributed by atoms with Gasteiger partial charge in [-0.3, -0.25) is 0 Å². The van der Waals surface area contributed by atoms with E-state index in [1.165, 1.54) is 12.1 Å². The van der Waals surface area contributed by atoms with Crippen molar-refractivity contribution in [1.29, 1.82) is 0 Å². The number of aryl methyl sites for hydroxylation is 1. The molecule has 0 bridgehead atoms. The van der Waals surface area contributed by atoms with E-state index in [9.17, 15) is 8.78 Å². The van der Waals surface area contributed by atoms with E-state index in [1.54, 1.807) is 24.3 Å². The Morgan fingerprint density at radius 1 is 1.24 bits per heavy atom. The molecule has 0 atom stereocenters. The summed E-state index contributed by atoms with van der Waals surface area (Å²) in [6, 6.07) is 4.56. The SMILES string of the molecule is CCNCc1cc(F)c(N(C)Cc2ccoc2C)c(F)c1. The topological polar surface area (TPSA) is 28.4 Å². The number of hydrogen-bond acceptors (Lipinski definition) is 3. The van der Waals surface area contributed by atoms with E-state index in [-0.39, 0.29) is 5.69 Å². The summed E-state index contributed by atoms with van der Waals surface area (Å²) in [6.07, 6.45) is 1.57. The number of hydrogen-bond donors (Lipinski definition) is 1. The molecule has 0 spiro atoms.